The number of halogens is 3. The van der Waals surface area contributed by atoms with Gasteiger partial charge in [0.1, 0.15) is 0 Å². The van der Waals surface area contributed by atoms with Crippen molar-refractivity contribution >= 4 is 5.69 Å². The van der Waals surface area contributed by atoms with Crippen molar-refractivity contribution in [1.82, 2.24) is 5.32 Å². The number of nitrogens with one attached hydrogen (secondary N) is 1. The number of nitrogens with zero attached hydrogens (tertiary/aromatic N) is 1. The SMILES string of the molecule is CCCC1CN(c2ccc(C(F)(F)F)cc2)C(C)CN1. The maximum absolute atomic E-state index is 12.6. The summed E-state index contributed by atoms with van der Waals surface area (Å²) in [5.41, 5.74) is 0.280. The van der Waals surface area contributed by atoms with Gasteiger partial charge in [-0.05, 0) is 37.6 Å². The molecule has 1 aliphatic rings. The molecule has 0 aliphatic carbocycles. The van der Waals surface area contributed by atoms with Crippen molar-refractivity contribution < 1.29 is 13.2 Å². The van der Waals surface area contributed by atoms with Crippen molar-refractivity contribution in [2.45, 2.75) is 44.9 Å². The van der Waals surface area contributed by atoms with Gasteiger partial charge in [-0.1, -0.05) is 13.3 Å². The maximum Gasteiger partial charge on any atom is 0.416 e. The molecule has 1 fully saturated rings. The molecule has 2 nitrogen and oxygen atoms in total. The van der Waals surface area contributed by atoms with E-state index in [9.17, 15) is 13.2 Å². The van der Waals surface area contributed by atoms with Crippen LogP contribution in [-0.2, 0) is 6.18 Å². The Morgan fingerprint density at radius 1 is 1.25 bits per heavy atom. The molecule has 0 radical (unpaired) electrons. The van der Waals surface area contributed by atoms with E-state index in [1.165, 1.54) is 12.1 Å². The molecule has 112 valence electrons. The highest BCUT2D eigenvalue weighted by atomic mass is 19.4. The fourth-order valence-electron chi connectivity index (χ4n) is 2.67. The zero-order chi connectivity index (χ0) is 14.8. The smallest absolute Gasteiger partial charge is 0.366 e. The second-order valence-corrected chi connectivity index (χ2v) is 5.44. The molecule has 20 heavy (non-hydrogen) atoms. The summed E-state index contributed by atoms with van der Waals surface area (Å²) >= 11 is 0. The average molecular weight is 286 g/mol. The second-order valence-electron chi connectivity index (χ2n) is 5.44. The summed E-state index contributed by atoms with van der Waals surface area (Å²) in [4.78, 5) is 2.19. The minimum absolute atomic E-state index is 0.292. The highest BCUT2D eigenvalue weighted by Crippen LogP contribution is 2.31. The third kappa shape index (κ3) is 3.45. The van der Waals surface area contributed by atoms with Crippen LogP contribution in [0.2, 0.25) is 0 Å². The van der Waals surface area contributed by atoms with Crippen molar-refractivity contribution in [3.05, 3.63) is 29.8 Å². The van der Waals surface area contributed by atoms with Gasteiger partial charge >= 0.3 is 6.18 Å². The van der Waals surface area contributed by atoms with E-state index in [0.717, 1.165) is 31.6 Å². The van der Waals surface area contributed by atoms with Crippen LogP contribution in [0.5, 0.6) is 0 Å². The van der Waals surface area contributed by atoms with E-state index in [2.05, 4.69) is 24.1 Å². The highest BCUT2D eigenvalue weighted by molar-refractivity contribution is 5.49. The maximum atomic E-state index is 12.6. The predicted molar refractivity (Wildman–Crippen MR) is 75.0 cm³/mol. The summed E-state index contributed by atoms with van der Waals surface area (Å²) in [5.74, 6) is 0. The zero-order valence-electron chi connectivity index (χ0n) is 11.9. The van der Waals surface area contributed by atoms with Gasteiger partial charge in [-0.3, -0.25) is 0 Å². The molecule has 0 aromatic heterocycles. The summed E-state index contributed by atoms with van der Waals surface area (Å²) in [6.45, 7) is 5.95. The first-order valence-electron chi connectivity index (χ1n) is 7.09. The topological polar surface area (TPSA) is 15.3 Å². The molecule has 1 heterocycles. The standard InChI is InChI=1S/C15H21F3N2/c1-3-4-13-10-20(11(2)9-19-13)14-7-5-12(6-8-14)15(16,17)18/h5-8,11,13,19H,3-4,9-10H2,1-2H3. The molecule has 0 saturated carbocycles. The number of hydrogen-bond acceptors (Lipinski definition) is 2. The van der Waals surface area contributed by atoms with Crippen LogP contribution in [-0.4, -0.2) is 25.2 Å². The van der Waals surface area contributed by atoms with E-state index in [1.54, 1.807) is 12.1 Å². The molecule has 1 N–H and O–H groups in total. The van der Waals surface area contributed by atoms with E-state index < -0.39 is 11.7 Å². The Labute approximate surface area is 118 Å². The molecule has 0 amide bonds. The van der Waals surface area contributed by atoms with Crippen molar-refractivity contribution in [3.8, 4) is 0 Å². The number of benzene rings is 1. The number of hydrogen-bond donors (Lipinski definition) is 1. The van der Waals surface area contributed by atoms with Crippen LogP contribution in [0.25, 0.3) is 0 Å². The Bertz CT molecular complexity index is 428. The number of piperazine rings is 1. The Balaban J connectivity index is 2.13. The van der Waals surface area contributed by atoms with Crippen molar-refractivity contribution in [2.24, 2.45) is 0 Å². The van der Waals surface area contributed by atoms with Gasteiger partial charge in [0.15, 0.2) is 0 Å². The lowest BCUT2D eigenvalue weighted by atomic mass is 10.0. The Kier molecular flexibility index (Phi) is 4.58. The van der Waals surface area contributed by atoms with Gasteiger partial charge in [-0.2, -0.15) is 13.2 Å². The van der Waals surface area contributed by atoms with Gasteiger partial charge in [-0.15, -0.1) is 0 Å². The molecule has 1 aromatic carbocycles. The molecule has 2 atom stereocenters. The van der Waals surface area contributed by atoms with Crippen LogP contribution in [0.3, 0.4) is 0 Å². The van der Waals surface area contributed by atoms with Crippen LogP contribution in [0.15, 0.2) is 24.3 Å². The van der Waals surface area contributed by atoms with Crippen LogP contribution in [0.1, 0.15) is 32.3 Å². The molecule has 5 heteroatoms. The molecule has 0 bridgehead atoms. The van der Waals surface area contributed by atoms with Gasteiger partial charge in [-0.25, -0.2) is 0 Å². The molecule has 2 unspecified atom stereocenters. The molecule has 1 aromatic rings. The predicted octanol–water partition coefficient (Wildman–Crippen LogP) is 3.67. The van der Waals surface area contributed by atoms with Gasteiger partial charge in [0.05, 0.1) is 5.56 Å². The second kappa shape index (κ2) is 6.04. The lowest BCUT2D eigenvalue weighted by Crippen LogP contribution is -2.55. The van der Waals surface area contributed by atoms with E-state index in [4.69, 9.17) is 0 Å². The summed E-state index contributed by atoms with van der Waals surface area (Å²) in [7, 11) is 0. The summed E-state index contributed by atoms with van der Waals surface area (Å²) < 4.78 is 37.7. The van der Waals surface area contributed by atoms with Crippen LogP contribution in [0.4, 0.5) is 18.9 Å². The molecule has 2 rings (SSSR count). The summed E-state index contributed by atoms with van der Waals surface area (Å²) in [6.07, 6.45) is -2.07. The Morgan fingerprint density at radius 3 is 2.45 bits per heavy atom. The highest BCUT2D eigenvalue weighted by Gasteiger charge is 2.31. The van der Waals surface area contributed by atoms with Crippen molar-refractivity contribution in [3.63, 3.8) is 0 Å². The fraction of sp³-hybridized carbons (Fsp3) is 0.600. The first kappa shape index (κ1) is 15.2. The van der Waals surface area contributed by atoms with Gasteiger partial charge in [0.25, 0.3) is 0 Å². The summed E-state index contributed by atoms with van der Waals surface area (Å²) in [5, 5.41) is 3.48. The van der Waals surface area contributed by atoms with Crippen LogP contribution >= 0.6 is 0 Å². The van der Waals surface area contributed by atoms with Crippen molar-refractivity contribution in [2.75, 3.05) is 18.0 Å². The largest absolute Gasteiger partial charge is 0.416 e. The molecule has 0 spiro atoms. The van der Waals surface area contributed by atoms with E-state index >= 15 is 0 Å². The van der Waals surface area contributed by atoms with Crippen LogP contribution < -0.4 is 10.2 Å². The Morgan fingerprint density at radius 2 is 1.90 bits per heavy atom. The number of anilines is 1. The lowest BCUT2D eigenvalue weighted by molar-refractivity contribution is -0.137. The van der Waals surface area contributed by atoms with E-state index in [-0.39, 0.29) is 0 Å². The molecular formula is C15H21F3N2. The monoisotopic (exact) mass is 286 g/mol. The van der Waals surface area contributed by atoms with Gasteiger partial charge < -0.3 is 10.2 Å². The zero-order valence-corrected chi connectivity index (χ0v) is 11.9. The van der Waals surface area contributed by atoms with Gasteiger partial charge in [0.2, 0.25) is 0 Å². The van der Waals surface area contributed by atoms with E-state index in [0.29, 0.717) is 12.1 Å². The van der Waals surface area contributed by atoms with Crippen molar-refractivity contribution in [1.29, 1.82) is 0 Å². The average Bonchev–Trinajstić information content (AvgIpc) is 2.40. The minimum atomic E-state index is -4.27. The number of alkyl halides is 3. The summed E-state index contributed by atoms with van der Waals surface area (Å²) in [6, 6.07) is 6.19. The molecular weight excluding hydrogens is 265 g/mol. The lowest BCUT2D eigenvalue weighted by Gasteiger charge is -2.40. The van der Waals surface area contributed by atoms with Crippen LogP contribution in [0, 0.1) is 0 Å². The normalized spacial score (nSPS) is 23.9. The fourth-order valence-corrected chi connectivity index (χ4v) is 2.67. The Hall–Kier alpha value is -1.23. The quantitative estimate of drug-likeness (QED) is 0.912. The number of rotatable bonds is 3. The first-order chi connectivity index (χ1) is 9.41. The molecule has 1 aliphatic heterocycles. The molecule has 1 saturated heterocycles. The van der Waals surface area contributed by atoms with E-state index in [1.807, 2.05) is 0 Å². The first-order valence-corrected chi connectivity index (χ1v) is 7.09. The van der Waals surface area contributed by atoms with Gasteiger partial charge in [0, 0.05) is 30.9 Å². The third-order valence-corrected chi connectivity index (χ3v) is 3.81. The minimum Gasteiger partial charge on any atom is -0.366 e. The third-order valence-electron chi connectivity index (χ3n) is 3.81.